The molecule has 0 saturated carbocycles. The van der Waals surface area contributed by atoms with E-state index in [0.717, 1.165) is 6.07 Å². The van der Waals surface area contributed by atoms with E-state index in [1.807, 2.05) is 0 Å². The van der Waals surface area contributed by atoms with E-state index in [1.54, 1.807) is 0 Å². The van der Waals surface area contributed by atoms with Crippen molar-refractivity contribution in [3.8, 4) is 0 Å². The molecule has 0 fully saturated rings. The van der Waals surface area contributed by atoms with Gasteiger partial charge in [0, 0.05) is 11.9 Å². The van der Waals surface area contributed by atoms with E-state index in [0.29, 0.717) is 0 Å². The molecule has 116 valence electrons. The maximum absolute atomic E-state index is 12.8. The monoisotopic (exact) mass is 348 g/mol. The lowest BCUT2D eigenvalue weighted by molar-refractivity contribution is -0.138. The van der Waals surface area contributed by atoms with Gasteiger partial charge in [-0.2, -0.15) is 13.2 Å². The fraction of sp³-hybridized carbons (Fsp3) is 0.143. The minimum Gasteiger partial charge on any atom is -0.322 e. The van der Waals surface area contributed by atoms with Crippen molar-refractivity contribution in [2.75, 3.05) is 5.32 Å². The van der Waals surface area contributed by atoms with E-state index in [1.165, 1.54) is 31.3 Å². The molecule has 1 heterocycles. The van der Waals surface area contributed by atoms with Gasteiger partial charge in [0.1, 0.15) is 5.15 Å². The summed E-state index contributed by atoms with van der Waals surface area (Å²) >= 11 is 11.5. The number of pyridine rings is 1. The van der Waals surface area contributed by atoms with Crippen LogP contribution in [0.1, 0.15) is 21.5 Å². The number of hydrogen-bond acceptors (Lipinski definition) is 2. The van der Waals surface area contributed by atoms with E-state index in [2.05, 4.69) is 10.3 Å². The lowest BCUT2D eigenvalue weighted by Crippen LogP contribution is -2.14. The molecule has 0 atom stereocenters. The Morgan fingerprint density at radius 3 is 2.55 bits per heavy atom. The maximum Gasteiger partial charge on any atom is 0.416 e. The number of aromatic nitrogens is 1. The molecule has 0 aliphatic rings. The van der Waals surface area contributed by atoms with Gasteiger partial charge in [-0.15, -0.1) is 0 Å². The number of halogens is 5. The van der Waals surface area contributed by atoms with Gasteiger partial charge in [0.25, 0.3) is 5.91 Å². The van der Waals surface area contributed by atoms with Gasteiger partial charge in [-0.3, -0.25) is 4.79 Å². The zero-order valence-electron chi connectivity index (χ0n) is 11.1. The van der Waals surface area contributed by atoms with Crippen LogP contribution in [0.2, 0.25) is 10.2 Å². The van der Waals surface area contributed by atoms with Crippen molar-refractivity contribution in [2.24, 2.45) is 0 Å². The van der Waals surface area contributed by atoms with Gasteiger partial charge in [-0.05, 0) is 30.7 Å². The third-order valence-electron chi connectivity index (χ3n) is 2.85. The molecule has 1 aromatic heterocycles. The minimum atomic E-state index is -4.50. The van der Waals surface area contributed by atoms with E-state index in [9.17, 15) is 18.0 Å². The van der Waals surface area contributed by atoms with Gasteiger partial charge >= 0.3 is 6.18 Å². The summed E-state index contributed by atoms with van der Waals surface area (Å²) in [5, 5.41) is 2.44. The first kappa shape index (κ1) is 16.6. The van der Waals surface area contributed by atoms with Crippen molar-refractivity contribution < 1.29 is 18.0 Å². The molecule has 0 aliphatic carbocycles. The Morgan fingerprint density at radius 2 is 1.91 bits per heavy atom. The van der Waals surface area contributed by atoms with Gasteiger partial charge in [0.15, 0.2) is 0 Å². The third-order valence-corrected chi connectivity index (χ3v) is 3.36. The highest BCUT2D eigenvalue weighted by Gasteiger charge is 2.32. The number of aryl methyl sites for hydroxylation is 1. The van der Waals surface area contributed by atoms with E-state index in [4.69, 9.17) is 23.2 Å². The zero-order valence-corrected chi connectivity index (χ0v) is 12.6. The Labute approximate surface area is 134 Å². The largest absolute Gasteiger partial charge is 0.416 e. The number of nitrogens with one attached hydrogen (secondary N) is 1. The van der Waals surface area contributed by atoms with E-state index >= 15 is 0 Å². The smallest absolute Gasteiger partial charge is 0.322 e. The normalized spacial score (nSPS) is 11.4. The fourth-order valence-electron chi connectivity index (χ4n) is 1.79. The number of rotatable bonds is 2. The molecule has 1 amide bonds. The van der Waals surface area contributed by atoms with Crippen LogP contribution in [0.15, 0.2) is 30.5 Å². The molecule has 2 aromatic rings. The van der Waals surface area contributed by atoms with Gasteiger partial charge < -0.3 is 5.32 Å². The highest BCUT2D eigenvalue weighted by atomic mass is 35.5. The van der Waals surface area contributed by atoms with Crippen LogP contribution in [0.4, 0.5) is 18.9 Å². The van der Waals surface area contributed by atoms with Crippen LogP contribution in [0.25, 0.3) is 0 Å². The number of benzene rings is 1. The van der Waals surface area contributed by atoms with Crippen LogP contribution < -0.4 is 5.32 Å². The van der Waals surface area contributed by atoms with Crippen molar-refractivity contribution in [3.05, 3.63) is 57.3 Å². The van der Waals surface area contributed by atoms with Crippen LogP contribution in [0.3, 0.4) is 0 Å². The summed E-state index contributed by atoms with van der Waals surface area (Å²) in [6, 6.07) is 4.79. The van der Waals surface area contributed by atoms with Crippen LogP contribution in [-0.2, 0) is 6.18 Å². The van der Waals surface area contributed by atoms with Crippen LogP contribution in [-0.4, -0.2) is 10.9 Å². The van der Waals surface area contributed by atoms with Gasteiger partial charge in [0.05, 0.1) is 16.1 Å². The minimum absolute atomic E-state index is 0.000956. The lowest BCUT2D eigenvalue weighted by atomic mass is 10.1. The number of carbonyl (C=O) groups is 1. The molecule has 3 nitrogen and oxygen atoms in total. The van der Waals surface area contributed by atoms with Gasteiger partial charge in [-0.25, -0.2) is 4.98 Å². The molecule has 8 heteroatoms. The molecule has 0 radical (unpaired) electrons. The van der Waals surface area contributed by atoms with Gasteiger partial charge in [-0.1, -0.05) is 29.3 Å². The molecule has 0 aliphatic heterocycles. The number of amides is 1. The number of anilines is 1. The first-order chi connectivity index (χ1) is 10.2. The van der Waals surface area contributed by atoms with Crippen molar-refractivity contribution in [1.82, 2.24) is 4.98 Å². The summed E-state index contributed by atoms with van der Waals surface area (Å²) < 4.78 is 38.5. The molecule has 0 unspecified atom stereocenters. The van der Waals surface area contributed by atoms with Gasteiger partial charge in [0.2, 0.25) is 0 Å². The van der Waals surface area contributed by atoms with E-state index in [-0.39, 0.29) is 27.0 Å². The summed E-state index contributed by atoms with van der Waals surface area (Å²) in [4.78, 5) is 15.8. The molecular weight excluding hydrogens is 340 g/mol. The molecule has 22 heavy (non-hydrogen) atoms. The fourth-order valence-corrected chi connectivity index (χ4v) is 2.13. The SMILES string of the molecule is Cc1ccc(NC(=O)c2cc(Cl)cnc2Cl)cc1C(F)(F)F. The second-order valence-electron chi connectivity index (χ2n) is 4.47. The Hall–Kier alpha value is -1.79. The standard InChI is InChI=1S/C14H9Cl2F3N2O/c1-7-2-3-9(5-11(7)14(17,18)19)21-13(22)10-4-8(15)6-20-12(10)16/h2-6H,1H3,(H,21,22). The van der Waals surface area contributed by atoms with Crippen molar-refractivity contribution in [3.63, 3.8) is 0 Å². The second-order valence-corrected chi connectivity index (χ2v) is 5.27. The van der Waals surface area contributed by atoms with Crippen molar-refractivity contribution in [1.29, 1.82) is 0 Å². The first-order valence-corrected chi connectivity index (χ1v) is 6.74. The highest BCUT2D eigenvalue weighted by molar-refractivity contribution is 6.35. The number of nitrogens with zero attached hydrogens (tertiary/aromatic N) is 1. The predicted octanol–water partition coefficient (Wildman–Crippen LogP) is 4.97. The van der Waals surface area contributed by atoms with E-state index < -0.39 is 17.6 Å². The molecule has 0 saturated heterocycles. The molecule has 1 aromatic carbocycles. The van der Waals surface area contributed by atoms with Crippen LogP contribution >= 0.6 is 23.2 Å². The number of hydrogen-bond donors (Lipinski definition) is 1. The Bertz CT molecular complexity index is 733. The average molecular weight is 349 g/mol. The summed E-state index contributed by atoms with van der Waals surface area (Å²) in [5.74, 6) is -0.697. The molecule has 1 N–H and O–H groups in total. The third kappa shape index (κ3) is 3.69. The van der Waals surface area contributed by atoms with Crippen LogP contribution in [0, 0.1) is 6.92 Å². The highest BCUT2D eigenvalue weighted by Crippen LogP contribution is 2.33. The zero-order chi connectivity index (χ0) is 16.5. The summed E-state index contributed by atoms with van der Waals surface area (Å²) in [6.07, 6.45) is -3.24. The molecule has 0 bridgehead atoms. The number of carbonyl (C=O) groups excluding carboxylic acids is 1. The second kappa shape index (κ2) is 6.14. The summed E-state index contributed by atoms with van der Waals surface area (Å²) in [6.45, 7) is 1.34. The molecular formula is C14H9Cl2F3N2O. The summed E-state index contributed by atoms with van der Waals surface area (Å²) in [7, 11) is 0. The summed E-state index contributed by atoms with van der Waals surface area (Å²) in [5.41, 5.74) is -0.782. The molecule has 2 rings (SSSR count). The Morgan fingerprint density at radius 1 is 1.23 bits per heavy atom. The number of alkyl halides is 3. The molecule has 0 spiro atoms. The first-order valence-electron chi connectivity index (χ1n) is 5.98. The topological polar surface area (TPSA) is 42.0 Å². The maximum atomic E-state index is 12.8. The lowest BCUT2D eigenvalue weighted by Gasteiger charge is -2.13. The Balaban J connectivity index is 2.31. The quantitative estimate of drug-likeness (QED) is 0.778. The Kier molecular flexibility index (Phi) is 4.63. The average Bonchev–Trinajstić information content (AvgIpc) is 2.42. The van der Waals surface area contributed by atoms with Crippen molar-refractivity contribution in [2.45, 2.75) is 13.1 Å². The van der Waals surface area contributed by atoms with Crippen molar-refractivity contribution >= 4 is 34.8 Å². The van der Waals surface area contributed by atoms with Crippen LogP contribution in [0.5, 0.6) is 0 Å². The predicted molar refractivity (Wildman–Crippen MR) is 78.4 cm³/mol.